The molecule has 0 saturated carbocycles. The summed E-state index contributed by atoms with van der Waals surface area (Å²) >= 11 is 0. The number of benzene rings is 2. The van der Waals surface area contributed by atoms with Gasteiger partial charge in [-0.1, -0.05) is 32.0 Å². The highest BCUT2D eigenvalue weighted by Crippen LogP contribution is 2.28. The van der Waals surface area contributed by atoms with Crippen LogP contribution in [0.4, 0.5) is 0 Å². The normalized spacial score (nSPS) is 11.7. The molecule has 0 aliphatic carbocycles. The second-order valence-electron chi connectivity index (χ2n) is 7.27. The Bertz CT molecular complexity index is 819. The summed E-state index contributed by atoms with van der Waals surface area (Å²) in [5, 5.41) is 0.695. The van der Waals surface area contributed by atoms with Crippen molar-refractivity contribution in [1.29, 1.82) is 0 Å². The molecule has 0 aromatic heterocycles. The molecule has 0 fully saturated rings. The smallest absolute Gasteiger partial charge is 0.194 e. The molecule has 2 rings (SSSR count). The standard InChI is InChI=1S/C22H28O2P/c1-14(2)11-12-25(24)20-10-8-7-9-19(20)22(23)21-16(4)13-15(3)17(5)18(21)6/h7-10,13-14H,11-12H2,1-6H3. The van der Waals surface area contributed by atoms with E-state index in [1.165, 1.54) is 5.56 Å². The maximum absolute atomic E-state index is 13.3. The van der Waals surface area contributed by atoms with E-state index < -0.39 is 7.80 Å². The van der Waals surface area contributed by atoms with Crippen LogP contribution >= 0.6 is 7.80 Å². The van der Waals surface area contributed by atoms with E-state index in [0.717, 1.165) is 28.7 Å². The Morgan fingerprint density at radius 3 is 2.28 bits per heavy atom. The van der Waals surface area contributed by atoms with E-state index in [0.29, 0.717) is 22.9 Å². The number of carbonyl (C=O) groups excluding carboxylic acids is 1. The molecular formula is C22H28O2P. The van der Waals surface area contributed by atoms with Gasteiger partial charge >= 0.3 is 0 Å². The highest BCUT2D eigenvalue weighted by Gasteiger charge is 2.21. The van der Waals surface area contributed by atoms with Crippen LogP contribution in [0.3, 0.4) is 0 Å². The first kappa shape index (κ1) is 19.5. The summed E-state index contributed by atoms with van der Waals surface area (Å²) < 4.78 is 12.8. The van der Waals surface area contributed by atoms with E-state index in [9.17, 15) is 9.36 Å². The average molecular weight is 355 g/mol. The number of carbonyl (C=O) groups is 1. The van der Waals surface area contributed by atoms with Crippen molar-refractivity contribution in [2.75, 3.05) is 6.16 Å². The molecule has 2 nitrogen and oxygen atoms in total. The van der Waals surface area contributed by atoms with Gasteiger partial charge in [0.1, 0.15) is 7.80 Å². The second kappa shape index (κ2) is 8.06. The van der Waals surface area contributed by atoms with Crippen molar-refractivity contribution in [3.63, 3.8) is 0 Å². The van der Waals surface area contributed by atoms with E-state index in [1.807, 2.05) is 38.1 Å². The summed E-state index contributed by atoms with van der Waals surface area (Å²) in [7, 11) is -1.56. The molecule has 133 valence electrons. The molecule has 0 saturated heterocycles. The van der Waals surface area contributed by atoms with Gasteiger partial charge in [0.05, 0.1) is 0 Å². The van der Waals surface area contributed by atoms with Gasteiger partial charge in [-0.25, -0.2) is 0 Å². The van der Waals surface area contributed by atoms with Crippen LogP contribution in [0.15, 0.2) is 30.3 Å². The predicted molar refractivity (Wildman–Crippen MR) is 107 cm³/mol. The van der Waals surface area contributed by atoms with Gasteiger partial charge in [0, 0.05) is 22.6 Å². The summed E-state index contributed by atoms with van der Waals surface area (Å²) in [5.41, 5.74) is 5.69. The van der Waals surface area contributed by atoms with Crippen molar-refractivity contribution >= 4 is 18.9 Å². The predicted octanol–water partition coefficient (Wildman–Crippen LogP) is 5.65. The lowest BCUT2D eigenvalue weighted by Gasteiger charge is -2.16. The van der Waals surface area contributed by atoms with Gasteiger partial charge in [-0.05, 0) is 74.4 Å². The number of hydrogen-bond donors (Lipinski definition) is 0. The topological polar surface area (TPSA) is 34.1 Å². The van der Waals surface area contributed by atoms with Crippen LogP contribution in [0, 0.1) is 33.6 Å². The summed E-state index contributed by atoms with van der Waals surface area (Å²) in [6, 6.07) is 9.45. The van der Waals surface area contributed by atoms with Gasteiger partial charge in [-0.2, -0.15) is 0 Å². The van der Waals surface area contributed by atoms with Crippen molar-refractivity contribution in [3.05, 3.63) is 63.7 Å². The second-order valence-corrected chi connectivity index (χ2v) is 8.95. The molecule has 25 heavy (non-hydrogen) atoms. The van der Waals surface area contributed by atoms with Crippen LogP contribution in [0.25, 0.3) is 0 Å². The zero-order valence-electron chi connectivity index (χ0n) is 16.1. The highest BCUT2D eigenvalue weighted by molar-refractivity contribution is 7.53. The van der Waals surface area contributed by atoms with Crippen LogP contribution in [0.1, 0.15) is 58.4 Å². The first-order valence-electron chi connectivity index (χ1n) is 8.89. The quantitative estimate of drug-likeness (QED) is 0.496. The van der Waals surface area contributed by atoms with Gasteiger partial charge in [0.25, 0.3) is 0 Å². The molecule has 1 radical (unpaired) electrons. The van der Waals surface area contributed by atoms with Gasteiger partial charge in [0.2, 0.25) is 0 Å². The molecule has 0 spiro atoms. The van der Waals surface area contributed by atoms with Crippen LogP contribution in [0.2, 0.25) is 0 Å². The van der Waals surface area contributed by atoms with Gasteiger partial charge < -0.3 is 0 Å². The monoisotopic (exact) mass is 355 g/mol. The highest BCUT2D eigenvalue weighted by atomic mass is 31.1. The zero-order valence-corrected chi connectivity index (χ0v) is 17.0. The molecule has 3 heteroatoms. The van der Waals surface area contributed by atoms with Crippen molar-refractivity contribution < 1.29 is 9.36 Å². The van der Waals surface area contributed by atoms with Crippen molar-refractivity contribution in [3.8, 4) is 0 Å². The minimum Gasteiger partial charge on any atom is -0.289 e. The summed E-state index contributed by atoms with van der Waals surface area (Å²) in [4.78, 5) is 13.3. The maximum Gasteiger partial charge on any atom is 0.194 e. The SMILES string of the molecule is Cc1cc(C)c(C(=O)c2ccccc2[P](=O)CCC(C)C)c(C)c1C. The van der Waals surface area contributed by atoms with Crippen LogP contribution in [-0.4, -0.2) is 11.9 Å². The molecule has 0 heterocycles. The third-order valence-electron chi connectivity index (χ3n) is 4.91. The van der Waals surface area contributed by atoms with E-state index >= 15 is 0 Å². The Morgan fingerprint density at radius 2 is 1.64 bits per heavy atom. The third kappa shape index (κ3) is 4.25. The Kier molecular flexibility index (Phi) is 6.30. The lowest BCUT2D eigenvalue weighted by molar-refractivity contribution is 0.103. The largest absolute Gasteiger partial charge is 0.289 e. The van der Waals surface area contributed by atoms with E-state index in [2.05, 4.69) is 33.8 Å². The van der Waals surface area contributed by atoms with E-state index in [-0.39, 0.29) is 5.78 Å². The molecule has 2 aromatic carbocycles. The number of aryl methyl sites for hydroxylation is 2. The first-order valence-corrected chi connectivity index (χ1v) is 10.3. The van der Waals surface area contributed by atoms with Crippen LogP contribution in [-0.2, 0) is 4.57 Å². The maximum atomic E-state index is 13.3. The first-order chi connectivity index (χ1) is 11.7. The fourth-order valence-corrected chi connectivity index (χ4v) is 4.84. The molecule has 0 N–H and O–H groups in total. The molecular weight excluding hydrogens is 327 g/mol. The minimum atomic E-state index is -1.56. The van der Waals surface area contributed by atoms with Crippen LogP contribution < -0.4 is 5.30 Å². The Labute approximate surface area is 152 Å². The average Bonchev–Trinajstić information content (AvgIpc) is 2.57. The molecule has 2 aromatic rings. The Hall–Kier alpha value is -1.79. The molecule has 1 atom stereocenters. The fraction of sp³-hybridized carbons (Fsp3) is 0.409. The van der Waals surface area contributed by atoms with Gasteiger partial charge in [0.15, 0.2) is 5.78 Å². The van der Waals surface area contributed by atoms with Crippen LogP contribution in [0.5, 0.6) is 0 Å². The van der Waals surface area contributed by atoms with E-state index in [1.54, 1.807) is 0 Å². The molecule has 1 unspecified atom stereocenters. The van der Waals surface area contributed by atoms with Gasteiger partial charge in [-0.15, -0.1) is 0 Å². The van der Waals surface area contributed by atoms with Crippen molar-refractivity contribution in [2.45, 2.75) is 48.0 Å². The number of ketones is 1. The van der Waals surface area contributed by atoms with Gasteiger partial charge in [-0.3, -0.25) is 9.36 Å². The summed E-state index contributed by atoms with van der Waals surface area (Å²) in [5.74, 6) is 0.493. The minimum absolute atomic E-state index is 0.0124. The Balaban J connectivity index is 2.49. The lowest BCUT2D eigenvalue weighted by Crippen LogP contribution is -2.17. The molecule has 0 aliphatic rings. The molecule has 0 bridgehead atoms. The molecule has 0 aliphatic heterocycles. The number of hydrogen-bond acceptors (Lipinski definition) is 2. The van der Waals surface area contributed by atoms with E-state index in [4.69, 9.17) is 0 Å². The third-order valence-corrected chi connectivity index (χ3v) is 6.50. The number of rotatable bonds is 6. The summed E-state index contributed by atoms with van der Waals surface area (Å²) in [6.45, 7) is 12.4. The van der Waals surface area contributed by atoms with Crippen molar-refractivity contribution in [2.24, 2.45) is 5.92 Å². The lowest BCUT2D eigenvalue weighted by atomic mass is 9.89. The Morgan fingerprint density at radius 1 is 1.00 bits per heavy atom. The molecule has 0 amide bonds. The van der Waals surface area contributed by atoms with Crippen molar-refractivity contribution in [1.82, 2.24) is 0 Å². The fourth-order valence-electron chi connectivity index (χ4n) is 3.15. The summed E-state index contributed by atoms with van der Waals surface area (Å²) in [6.07, 6.45) is 1.53. The zero-order chi connectivity index (χ0) is 18.7.